The van der Waals surface area contributed by atoms with Gasteiger partial charge in [0.1, 0.15) is 11.6 Å². The molecular formula is C18H18FN3O. The summed E-state index contributed by atoms with van der Waals surface area (Å²) in [5.41, 5.74) is 2.99. The number of imidazole rings is 1. The highest BCUT2D eigenvalue weighted by Gasteiger charge is 2.06. The third-order valence-electron chi connectivity index (χ3n) is 3.71. The Hall–Kier alpha value is -2.69. The van der Waals surface area contributed by atoms with Gasteiger partial charge < -0.3 is 10.3 Å². The lowest BCUT2D eigenvalue weighted by molar-refractivity contribution is -0.116. The van der Waals surface area contributed by atoms with Crippen molar-refractivity contribution in [3.63, 3.8) is 0 Å². The molecule has 1 aromatic heterocycles. The maximum Gasteiger partial charge on any atom is 0.224 e. The fourth-order valence-electron chi connectivity index (χ4n) is 2.43. The monoisotopic (exact) mass is 311 g/mol. The number of H-pyrrole nitrogens is 1. The zero-order valence-corrected chi connectivity index (χ0v) is 12.9. The molecule has 0 aliphatic carbocycles. The second-order valence-corrected chi connectivity index (χ2v) is 5.57. The number of hydrogen-bond donors (Lipinski definition) is 2. The molecule has 23 heavy (non-hydrogen) atoms. The average molecular weight is 311 g/mol. The Labute approximate surface area is 133 Å². The Morgan fingerprint density at radius 3 is 2.87 bits per heavy atom. The lowest BCUT2D eigenvalue weighted by atomic mass is 10.2. The molecule has 0 radical (unpaired) electrons. The molecule has 0 fully saturated rings. The topological polar surface area (TPSA) is 57.8 Å². The van der Waals surface area contributed by atoms with Gasteiger partial charge in [0.15, 0.2) is 0 Å². The molecule has 0 saturated carbocycles. The Kier molecular flexibility index (Phi) is 4.37. The summed E-state index contributed by atoms with van der Waals surface area (Å²) >= 11 is 0. The summed E-state index contributed by atoms with van der Waals surface area (Å²) in [5.74, 6) is 0.440. The van der Waals surface area contributed by atoms with Crippen LogP contribution in [0.3, 0.4) is 0 Å². The summed E-state index contributed by atoms with van der Waals surface area (Å²) in [6, 6.07) is 12.5. The van der Waals surface area contributed by atoms with E-state index < -0.39 is 0 Å². The molecule has 3 aromatic rings. The molecule has 0 aliphatic rings. The minimum Gasteiger partial charge on any atom is -0.342 e. The van der Waals surface area contributed by atoms with Crippen molar-refractivity contribution in [1.29, 1.82) is 0 Å². The summed E-state index contributed by atoms with van der Waals surface area (Å²) in [4.78, 5) is 19.6. The van der Waals surface area contributed by atoms with Crippen LogP contribution in [0.1, 0.15) is 24.2 Å². The lowest BCUT2D eigenvalue weighted by Crippen LogP contribution is -2.11. The highest BCUT2D eigenvalue weighted by Crippen LogP contribution is 2.15. The molecule has 2 N–H and O–H groups in total. The number of aromatic amines is 1. The van der Waals surface area contributed by atoms with Crippen molar-refractivity contribution in [1.82, 2.24) is 9.97 Å². The summed E-state index contributed by atoms with van der Waals surface area (Å²) in [6.45, 7) is 1.69. The van der Waals surface area contributed by atoms with Gasteiger partial charge in [0.25, 0.3) is 0 Å². The van der Waals surface area contributed by atoms with Crippen LogP contribution in [0.4, 0.5) is 10.1 Å². The number of benzene rings is 2. The van der Waals surface area contributed by atoms with Crippen LogP contribution in [0.15, 0.2) is 42.5 Å². The number of hydrogen-bond acceptors (Lipinski definition) is 2. The van der Waals surface area contributed by atoms with E-state index in [4.69, 9.17) is 0 Å². The Balaban J connectivity index is 1.51. The first kappa shape index (κ1) is 15.2. The van der Waals surface area contributed by atoms with Crippen molar-refractivity contribution in [3.05, 3.63) is 59.7 Å². The third-order valence-corrected chi connectivity index (χ3v) is 3.71. The SMILES string of the molecule is Cc1ccc(NC(=O)CCCc2nc3ccccc3[nH]2)cc1F. The van der Waals surface area contributed by atoms with Gasteiger partial charge in [-0.05, 0) is 43.2 Å². The molecule has 2 aromatic carbocycles. The van der Waals surface area contributed by atoms with Crippen LogP contribution in [0, 0.1) is 12.7 Å². The highest BCUT2D eigenvalue weighted by atomic mass is 19.1. The van der Waals surface area contributed by atoms with Gasteiger partial charge in [-0.1, -0.05) is 18.2 Å². The number of para-hydroxylation sites is 2. The van der Waals surface area contributed by atoms with E-state index in [-0.39, 0.29) is 11.7 Å². The predicted molar refractivity (Wildman–Crippen MR) is 88.8 cm³/mol. The minimum absolute atomic E-state index is 0.121. The molecule has 0 spiro atoms. The van der Waals surface area contributed by atoms with Crippen molar-refractivity contribution >= 4 is 22.6 Å². The van der Waals surface area contributed by atoms with E-state index in [0.717, 1.165) is 16.9 Å². The van der Waals surface area contributed by atoms with Crippen LogP contribution in [0.5, 0.6) is 0 Å². The Morgan fingerprint density at radius 2 is 2.09 bits per heavy atom. The van der Waals surface area contributed by atoms with E-state index in [1.807, 2.05) is 24.3 Å². The van der Waals surface area contributed by atoms with Gasteiger partial charge in [-0.15, -0.1) is 0 Å². The average Bonchev–Trinajstić information content (AvgIpc) is 2.93. The van der Waals surface area contributed by atoms with Crippen molar-refractivity contribution in [2.45, 2.75) is 26.2 Å². The number of halogens is 1. The molecule has 0 atom stereocenters. The summed E-state index contributed by atoms with van der Waals surface area (Å²) in [7, 11) is 0. The van der Waals surface area contributed by atoms with Crippen LogP contribution in [0.2, 0.25) is 0 Å². The van der Waals surface area contributed by atoms with Crippen molar-refractivity contribution in [2.24, 2.45) is 0 Å². The Bertz CT molecular complexity index is 808. The number of aryl methyl sites for hydroxylation is 2. The molecular weight excluding hydrogens is 293 g/mol. The third kappa shape index (κ3) is 3.74. The first-order valence-electron chi connectivity index (χ1n) is 7.61. The fraction of sp³-hybridized carbons (Fsp3) is 0.222. The molecule has 1 heterocycles. The predicted octanol–water partition coefficient (Wildman–Crippen LogP) is 3.97. The summed E-state index contributed by atoms with van der Waals surface area (Å²) < 4.78 is 13.4. The van der Waals surface area contributed by atoms with E-state index in [2.05, 4.69) is 15.3 Å². The molecule has 0 bridgehead atoms. The second kappa shape index (κ2) is 6.60. The molecule has 3 rings (SSSR count). The van der Waals surface area contributed by atoms with E-state index in [1.165, 1.54) is 6.07 Å². The molecule has 4 nitrogen and oxygen atoms in total. The maximum absolute atomic E-state index is 13.4. The van der Waals surface area contributed by atoms with Gasteiger partial charge >= 0.3 is 0 Å². The molecule has 118 valence electrons. The number of nitrogens with zero attached hydrogens (tertiary/aromatic N) is 1. The van der Waals surface area contributed by atoms with Crippen LogP contribution in [0.25, 0.3) is 11.0 Å². The van der Waals surface area contributed by atoms with Crippen LogP contribution >= 0.6 is 0 Å². The van der Waals surface area contributed by atoms with Crippen LogP contribution in [-0.2, 0) is 11.2 Å². The summed E-state index contributed by atoms with van der Waals surface area (Å²) in [5, 5.41) is 2.71. The minimum atomic E-state index is -0.315. The molecule has 0 saturated heterocycles. The van der Waals surface area contributed by atoms with Gasteiger partial charge in [-0.3, -0.25) is 4.79 Å². The standard InChI is InChI=1S/C18H18FN3O/c1-12-9-10-13(11-14(12)19)20-18(23)8-4-7-17-21-15-5-2-3-6-16(15)22-17/h2-3,5-6,9-11H,4,7-8H2,1H3,(H,20,23)(H,21,22). The van der Waals surface area contributed by atoms with E-state index >= 15 is 0 Å². The first-order chi connectivity index (χ1) is 11.1. The van der Waals surface area contributed by atoms with Gasteiger partial charge in [0.05, 0.1) is 11.0 Å². The lowest BCUT2D eigenvalue weighted by Gasteiger charge is -2.06. The fourth-order valence-corrected chi connectivity index (χ4v) is 2.43. The number of fused-ring (bicyclic) bond motifs is 1. The smallest absolute Gasteiger partial charge is 0.224 e. The quantitative estimate of drug-likeness (QED) is 0.749. The number of carbonyl (C=O) groups is 1. The van der Waals surface area contributed by atoms with Gasteiger partial charge in [0.2, 0.25) is 5.91 Å². The van der Waals surface area contributed by atoms with Crippen LogP contribution < -0.4 is 5.32 Å². The zero-order chi connectivity index (χ0) is 16.2. The van der Waals surface area contributed by atoms with Crippen molar-refractivity contribution in [2.75, 3.05) is 5.32 Å². The number of nitrogens with one attached hydrogen (secondary N) is 2. The van der Waals surface area contributed by atoms with Crippen molar-refractivity contribution < 1.29 is 9.18 Å². The van der Waals surface area contributed by atoms with Gasteiger partial charge in [0, 0.05) is 18.5 Å². The normalized spacial score (nSPS) is 10.9. The number of anilines is 1. The van der Waals surface area contributed by atoms with E-state index in [9.17, 15) is 9.18 Å². The molecule has 5 heteroatoms. The number of carbonyl (C=O) groups excluding carboxylic acids is 1. The van der Waals surface area contributed by atoms with Gasteiger partial charge in [-0.25, -0.2) is 9.37 Å². The maximum atomic E-state index is 13.4. The Morgan fingerprint density at radius 1 is 1.26 bits per heavy atom. The molecule has 0 unspecified atom stereocenters. The number of amides is 1. The van der Waals surface area contributed by atoms with Crippen molar-refractivity contribution in [3.8, 4) is 0 Å². The first-order valence-corrected chi connectivity index (χ1v) is 7.61. The summed E-state index contributed by atoms with van der Waals surface area (Å²) in [6.07, 6.45) is 1.75. The second-order valence-electron chi connectivity index (χ2n) is 5.57. The van der Waals surface area contributed by atoms with Gasteiger partial charge in [-0.2, -0.15) is 0 Å². The van der Waals surface area contributed by atoms with Crippen LogP contribution in [-0.4, -0.2) is 15.9 Å². The highest BCUT2D eigenvalue weighted by molar-refractivity contribution is 5.90. The van der Waals surface area contributed by atoms with E-state index in [0.29, 0.717) is 30.5 Å². The zero-order valence-electron chi connectivity index (χ0n) is 12.9. The number of aromatic nitrogens is 2. The number of rotatable bonds is 5. The largest absolute Gasteiger partial charge is 0.342 e. The van der Waals surface area contributed by atoms with E-state index in [1.54, 1.807) is 19.1 Å². The molecule has 0 aliphatic heterocycles. The molecule has 1 amide bonds.